The lowest BCUT2D eigenvalue weighted by atomic mass is 9.83. The van der Waals surface area contributed by atoms with Crippen molar-refractivity contribution in [3.8, 4) is 0 Å². The Bertz CT molecular complexity index is 1840. The van der Waals surface area contributed by atoms with E-state index in [-0.39, 0.29) is 97.7 Å². The number of rotatable bonds is 36. The molecule has 0 bridgehead atoms. The number of aliphatic hydroxyl groups is 1. The number of benzene rings is 1. The third-order valence-corrected chi connectivity index (χ3v) is 14.4. The fraction of sp³-hybridized carbons (Fsp3) is 0.759. The summed E-state index contributed by atoms with van der Waals surface area (Å²) in [7, 11) is 6.36. The summed E-state index contributed by atoms with van der Waals surface area (Å²) in [6.45, 7) is 16.5. The lowest BCUT2D eigenvalue weighted by molar-refractivity contribution is -0.150. The van der Waals surface area contributed by atoms with E-state index in [1.807, 2.05) is 59.7 Å². The van der Waals surface area contributed by atoms with Crippen molar-refractivity contribution in [2.45, 2.75) is 168 Å². The molecular formula is C54H93N7O12. The topological polar surface area (TPSA) is 248 Å². The van der Waals surface area contributed by atoms with Crippen LogP contribution in [0.3, 0.4) is 0 Å². The van der Waals surface area contributed by atoms with Gasteiger partial charge >= 0.3 is 0 Å². The van der Waals surface area contributed by atoms with Gasteiger partial charge in [0.05, 0.1) is 68.0 Å². The summed E-state index contributed by atoms with van der Waals surface area (Å²) >= 11 is 0. The number of unbranched alkanes of at least 4 members (excludes halogenated alkanes) is 2. The van der Waals surface area contributed by atoms with Crippen LogP contribution in [-0.4, -0.2) is 165 Å². The Morgan fingerprint density at radius 2 is 1.45 bits per heavy atom. The minimum atomic E-state index is -0.909. The molecule has 1 aromatic rings. The molecule has 0 aromatic heterocycles. The molecule has 416 valence electrons. The van der Waals surface area contributed by atoms with Gasteiger partial charge in [-0.05, 0) is 62.3 Å². The van der Waals surface area contributed by atoms with E-state index in [1.165, 1.54) is 19.1 Å². The van der Waals surface area contributed by atoms with Gasteiger partial charge in [-0.25, -0.2) is 5.84 Å². The quantitative estimate of drug-likeness (QED) is 0.0272. The first kappa shape index (κ1) is 64.6. The van der Waals surface area contributed by atoms with E-state index >= 15 is 0 Å². The number of likely N-dealkylation sites (N-methyl/N-ethyl adjacent to an activating group) is 2. The van der Waals surface area contributed by atoms with Crippen LogP contribution in [-0.2, 0) is 52.5 Å². The van der Waals surface area contributed by atoms with Crippen LogP contribution in [0.1, 0.15) is 138 Å². The molecule has 1 aromatic carbocycles. The van der Waals surface area contributed by atoms with Crippen LogP contribution in [0, 0.1) is 29.6 Å². The molecule has 19 heteroatoms. The summed E-state index contributed by atoms with van der Waals surface area (Å²) in [5.41, 5.74) is 2.78. The SMILES string of the molecule is CC[C@H](C)[C@@H]([C@@H](CC(=O)N1CCC[C@H]1[C@H](OC)[C@@H](C)C(=O)N[C@H](C)[C@@H](O)c1ccccc1)OC)N(C)C(=O)[C@@H](CC(=O)C(C(C)C)N(C)C(=O)COCCOCCCNC(=O)CCCCCC(=O)NN)C(C)C. The van der Waals surface area contributed by atoms with E-state index in [9.17, 15) is 38.7 Å². The highest BCUT2D eigenvalue weighted by molar-refractivity contribution is 5.93. The number of aliphatic hydroxyl groups excluding tert-OH is 1. The van der Waals surface area contributed by atoms with Gasteiger partial charge in [-0.15, -0.1) is 0 Å². The molecule has 19 nitrogen and oxygen atoms in total. The van der Waals surface area contributed by atoms with Gasteiger partial charge in [0, 0.05) is 73.2 Å². The predicted molar refractivity (Wildman–Crippen MR) is 279 cm³/mol. The first-order valence-electron chi connectivity index (χ1n) is 26.5. The van der Waals surface area contributed by atoms with Gasteiger partial charge < -0.3 is 49.4 Å². The van der Waals surface area contributed by atoms with Crippen molar-refractivity contribution in [1.82, 2.24) is 30.8 Å². The predicted octanol–water partition coefficient (Wildman–Crippen LogP) is 4.34. The number of carbonyl (C=O) groups is 7. The maximum absolute atomic E-state index is 14.7. The van der Waals surface area contributed by atoms with Gasteiger partial charge in [-0.3, -0.25) is 39.0 Å². The standard InChI is InChI=1S/C54H93N7O12/c1-13-37(6)50(44(70-11)33-47(65)61-28-20-24-42(61)52(71-12)38(7)53(68)57-39(8)51(67)40-22-16-14-17-23-40)60(10)54(69)41(35(2)3)32-43(62)49(36(4)5)59(9)48(66)34-73-31-30-72-29-21-27-56-45(63)25-18-15-19-26-46(64)58-55/h14,16-17,22-23,35-39,41-42,44,49-52,67H,13,15,18-21,24-34,55H2,1-12H3,(H,56,63)(H,57,68)(H,58,64)/t37-,38+,39+,41-,42-,44+,49?,50-,51+,52+/m0/s1. The number of likely N-dealkylation sites (tertiary alicyclic amines) is 1. The molecule has 0 radical (unpaired) electrons. The number of nitrogens with one attached hydrogen (secondary N) is 3. The van der Waals surface area contributed by atoms with Crippen molar-refractivity contribution in [2.75, 3.05) is 67.8 Å². The Kier molecular flexibility index (Phi) is 30.2. The molecule has 1 aliphatic heterocycles. The second-order valence-electron chi connectivity index (χ2n) is 20.5. The number of hydrazine groups is 1. The molecule has 10 atom stereocenters. The third kappa shape index (κ3) is 21.0. The van der Waals surface area contributed by atoms with Crippen molar-refractivity contribution in [3.63, 3.8) is 0 Å². The van der Waals surface area contributed by atoms with Crippen LogP contribution in [0.5, 0.6) is 0 Å². The summed E-state index contributed by atoms with van der Waals surface area (Å²) in [5, 5.41) is 16.7. The first-order chi connectivity index (χ1) is 34.7. The summed E-state index contributed by atoms with van der Waals surface area (Å²) < 4.78 is 23.3. The molecule has 6 N–H and O–H groups in total. The number of Topliss-reactive ketones (excluding diaryl/α,β-unsaturated/α-hetero) is 1. The lowest BCUT2D eigenvalue weighted by Gasteiger charge is -2.41. The van der Waals surface area contributed by atoms with Gasteiger partial charge in [0.1, 0.15) is 6.61 Å². The minimum Gasteiger partial charge on any atom is -0.386 e. The molecule has 1 aliphatic rings. The molecule has 6 amide bonds. The first-order valence-corrected chi connectivity index (χ1v) is 26.5. The summed E-state index contributed by atoms with van der Waals surface area (Å²) in [6.07, 6.45) is 3.11. The van der Waals surface area contributed by atoms with Crippen LogP contribution in [0.2, 0.25) is 0 Å². The van der Waals surface area contributed by atoms with Crippen LogP contribution < -0.4 is 21.9 Å². The Hall–Kier alpha value is -4.53. The molecule has 1 unspecified atom stereocenters. The highest BCUT2D eigenvalue weighted by Crippen LogP contribution is 2.31. The number of nitrogens with zero attached hydrogens (tertiary/aromatic N) is 3. The zero-order chi connectivity index (χ0) is 54.8. The van der Waals surface area contributed by atoms with E-state index in [0.717, 1.165) is 12.8 Å². The number of nitrogens with two attached hydrogens (primary N) is 1. The molecular weight excluding hydrogens is 939 g/mol. The van der Waals surface area contributed by atoms with E-state index in [0.29, 0.717) is 70.2 Å². The monoisotopic (exact) mass is 1030 g/mol. The molecule has 1 heterocycles. The molecule has 2 rings (SSSR count). The second kappa shape index (κ2) is 34.1. The van der Waals surface area contributed by atoms with Crippen molar-refractivity contribution in [2.24, 2.45) is 35.4 Å². The zero-order valence-electron chi connectivity index (χ0n) is 46.2. The van der Waals surface area contributed by atoms with E-state index in [2.05, 4.69) is 16.1 Å². The van der Waals surface area contributed by atoms with Crippen molar-refractivity contribution >= 4 is 41.2 Å². The number of methoxy groups -OCH3 is 2. The molecule has 1 fully saturated rings. The number of ether oxygens (including phenoxy) is 4. The van der Waals surface area contributed by atoms with E-state index < -0.39 is 48.3 Å². The molecule has 1 saturated heterocycles. The number of amides is 6. The highest BCUT2D eigenvalue weighted by atomic mass is 16.5. The van der Waals surface area contributed by atoms with Crippen LogP contribution in [0.15, 0.2) is 30.3 Å². The Balaban J connectivity index is 2.02. The van der Waals surface area contributed by atoms with Gasteiger partial charge in [-0.1, -0.05) is 91.6 Å². The van der Waals surface area contributed by atoms with E-state index in [1.54, 1.807) is 49.9 Å². The van der Waals surface area contributed by atoms with Crippen LogP contribution in [0.25, 0.3) is 0 Å². The maximum Gasteiger partial charge on any atom is 0.248 e. The van der Waals surface area contributed by atoms with Gasteiger partial charge in [0.2, 0.25) is 35.4 Å². The van der Waals surface area contributed by atoms with Gasteiger partial charge in [0.25, 0.3) is 0 Å². The van der Waals surface area contributed by atoms with Crippen LogP contribution in [0.4, 0.5) is 0 Å². The number of carbonyl (C=O) groups excluding carboxylic acids is 7. The average molecular weight is 1030 g/mol. The fourth-order valence-electron chi connectivity index (χ4n) is 9.87. The lowest BCUT2D eigenvalue weighted by Crippen LogP contribution is -2.55. The van der Waals surface area contributed by atoms with Crippen molar-refractivity contribution in [3.05, 3.63) is 35.9 Å². The van der Waals surface area contributed by atoms with Gasteiger partial charge in [0.15, 0.2) is 5.78 Å². The highest BCUT2D eigenvalue weighted by Gasteiger charge is 2.44. The smallest absolute Gasteiger partial charge is 0.248 e. The Morgan fingerprint density at radius 1 is 0.808 bits per heavy atom. The average Bonchev–Trinajstić information content (AvgIpc) is 3.86. The maximum atomic E-state index is 14.7. The normalized spacial score (nSPS) is 17.4. The number of hydrogen-bond acceptors (Lipinski definition) is 13. The molecule has 73 heavy (non-hydrogen) atoms. The largest absolute Gasteiger partial charge is 0.386 e. The van der Waals surface area contributed by atoms with E-state index in [4.69, 9.17) is 24.8 Å². The van der Waals surface area contributed by atoms with Crippen molar-refractivity contribution < 1.29 is 57.6 Å². The fourth-order valence-corrected chi connectivity index (χ4v) is 9.87. The summed E-state index contributed by atoms with van der Waals surface area (Å²) in [6, 6.07) is 6.83. The van der Waals surface area contributed by atoms with Gasteiger partial charge in [-0.2, -0.15) is 0 Å². The summed E-state index contributed by atoms with van der Waals surface area (Å²) in [5.74, 6) is 1.49. The number of hydrogen-bond donors (Lipinski definition) is 5. The molecule has 0 saturated carbocycles. The minimum absolute atomic E-state index is 0.0270. The van der Waals surface area contributed by atoms with Crippen LogP contribution >= 0.6 is 0 Å². The summed E-state index contributed by atoms with van der Waals surface area (Å²) in [4.78, 5) is 98.3. The molecule has 0 spiro atoms. The Labute approximate surface area is 436 Å². The zero-order valence-corrected chi connectivity index (χ0v) is 46.2. The number of ketones is 1. The Morgan fingerprint density at radius 3 is 2.04 bits per heavy atom. The molecule has 0 aliphatic carbocycles. The third-order valence-electron chi connectivity index (χ3n) is 14.4. The van der Waals surface area contributed by atoms with Crippen molar-refractivity contribution in [1.29, 1.82) is 0 Å². The second-order valence-corrected chi connectivity index (χ2v) is 20.5.